The molecule has 0 atom stereocenters. The molecule has 1 N–H and O–H groups in total. The van der Waals surface area contributed by atoms with E-state index in [-0.39, 0.29) is 23.3 Å². The first-order valence-corrected chi connectivity index (χ1v) is 9.97. The molecule has 138 valence electrons. The maximum Gasteiger partial charge on any atom is 0.239 e. The number of carbonyl (C=O) groups is 2. The largest absolute Gasteiger partial charge is 0.325 e. The summed E-state index contributed by atoms with van der Waals surface area (Å²) in [6.07, 6.45) is 0. The Morgan fingerprint density at radius 2 is 1.96 bits per heavy atom. The maximum atomic E-state index is 12.6. The molecule has 0 aliphatic carbocycles. The third-order valence-electron chi connectivity index (χ3n) is 4.48. The predicted molar refractivity (Wildman–Crippen MR) is 109 cm³/mol. The topological polar surface area (TPSA) is 67.2 Å². The van der Waals surface area contributed by atoms with Crippen LogP contribution in [0.5, 0.6) is 0 Å². The summed E-state index contributed by atoms with van der Waals surface area (Å²) < 4.78 is 2.07. The molecule has 0 saturated heterocycles. The number of fused-ring (bicyclic) bond motifs is 3. The first kappa shape index (κ1) is 17.6. The Balaban J connectivity index is 1.32. The van der Waals surface area contributed by atoms with Crippen LogP contribution >= 0.6 is 11.8 Å². The van der Waals surface area contributed by atoms with Crippen LogP contribution in [0.2, 0.25) is 0 Å². The van der Waals surface area contributed by atoms with Gasteiger partial charge in [-0.05, 0) is 36.8 Å². The standard InChI is InChI=1S/C20H20N4O2S/c1-14-5-4-6-15(11-14)21-18(25)12-27-13-19(26)24-10-9-23-17-8-3-2-7-16(17)22-20(23)24/h2-8,11H,9-10,12-13H2,1H3,(H,21,25). The first-order valence-electron chi connectivity index (χ1n) is 8.82. The van der Waals surface area contributed by atoms with Gasteiger partial charge in [0.2, 0.25) is 17.8 Å². The van der Waals surface area contributed by atoms with E-state index in [1.807, 2.05) is 55.5 Å². The Kier molecular flexibility index (Phi) is 4.85. The number of thioether (sulfide) groups is 1. The van der Waals surface area contributed by atoms with Crippen molar-refractivity contribution in [3.63, 3.8) is 0 Å². The van der Waals surface area contributed by atoms with Gasteiger partial charge in [-0.2, -0.15) is 0 Å². The Hall–Kier alpha value is -2.80. The van der Waals surface area contributed by atoms with Gasteiger partial charge in [-0.3, -0.25) is 14.5 Å². The normalized spacial score (nSPS) is 13.0. The van der Waals surface area contributed by atoms with Gasteiger partial charge in [0, 0.05) is 18.8 Å². The molecule has 0 saturated carbocycles. The van der Waals surface area contributed by atoms with Crippen molar-refractivity contribution in [3.8, 4) is 0 Å². The predicted octanol–water partition coefficient (Wildman–Crippen LogP) is 3.06. The lowest BCUT2D eigenvalue weighted by molar-refractivity contribution is -0.116. The van der Waals surface area contributed by atoms with Gasteiger partial charge < -0.3 is 9.88 Å². The summed E-state index contributed by atoms with van der Waals surface area (Å²) in [5.74, 6) is 1.07. The highest BCUT2D eigenvalue weighted by Gasteiger charge is 2.28. The molecule has 3 aromatic rings. The molecular formula is C20H20N4O2S. The van der Waals surface area contributed by atoms with Gasteiger partial charge in [0.05, 0.1) is 22.5 Å². The highest BCUT2D eigenvalue weighted by Crippen LogP contribution is 2.27. The fourth-order valence-electron chi connectivity index (χ4n) is 3.25. The van der Waals surface area contributed by atoms with Crippen molar-refractivity contribution in [2.45, 2.75) is 13.5 Å². The summed E-state index contributed by atoms with van der Waals surface area (Å²) in [6, 6.07) is 15.5. The first-order chi connectivity index (χ1) is 13.1. The summed E-state index contributed by atoms with van der Waals surface area (Å²) in [5.41, 5.74) is 3.82. The number of imidazole rings is 1. The monoisotopic (exact) mass is 380 g/mol. The van der Waals surface area contributed by atoms with Crippen LogP contribution in [0, 0.1) is 6.92 Å². The van der Waals surface area contributed by atoms with Crippen molar-refractivity contribution in [2.75, 3.05) is 28.3 Å². The van der Waals surface area contributed by atoms with Gasteiger partial charge in [0.15, 0.2) is 0 Å². The van der Waals surface area contributed by atoms with Crippen molar-refractivity contribution in [2.24, 2.45) is 0 Å². The Morgan fingerprint density at radius 3 is 2.81 bits per heavy atom. The van der Waals surface area contributed by atoms with Gasteiger partial charge in [-0.25, -0.2) is 4.98 Å². The minimum Gasteiger partial charge on any atom is -0.325 e. The highest BCUT2D eigenvalue weighted by molar-refractivity contribution is 8.00. The molecule has 0 bridgehead atoms. The van der Waals surface area contributed by atoms with Crippen LogP contribution in [0.4, 0.5) is 11.6 Å². The summed E-state index contributed by atoms with van der Waals surface area (Å²) in [5, 5.41) is 2.86. The van der Waals surface area contributed by atoms with E-state index in [1.54, 1.807) is 4.90 Å². The van der Waals surface area contributed by atoms with Crippen LogP contribution in [0.15, 0.2) is 48.5 Å². The zero-order valence-electron chi connectivity index (χ0n) is 15.0. The summed E-state index contributed by atoms with van der Waals surface area (Å²) in [6.45, 7) is 3.36. The molecular weight excluding hydrogens is 360 g/mol. The van der Waals surface area contributed by atoms with Gasteiger partial charge >= 0.3 is 0 Å². The molecule has 4 rings (SSSR count). The van der Waals surface area contributed by atoms with Crippen molar-refractivity contribution in [1.82, 2.24) is 9.55 Å². The average molecular weight is 380 g/mol. The zero-order valence-corrected chi connectivity index (χ0v) is 15.8. The average Bonchev–Trinajstić information content (AvgIpc) is 3.20. The molecule has 0 radical (unpaired) electrons. The number of nitrogens with zero attached hydrogens (tertiary/aromatic N) is 3. The molecule has 2 aromatic carbocycles. The molecule has 0 unspecified atom stereocenters. The van der Waals surface area contributed by atoms with E-state index in [2.05, 4.69) is 14.9 Å². The second-order valence-electron chi connectivity index (χ2n) is 6.51. The number of hydrogen-bond acceptors (Lipinski definition) is 4. The van der Waals surface area contributed by atoms with Gasteiger partial charge in [-0.1, -0.05) is 24.3 Å². The molecule has 0 fully saturated rings. The molecule has 27 heavy (non-hydrogen) atoms. The minimum absolute atomic E-state index is 0.0163. The summed E-state index contributed by atoms with van der Waals surface area (Å²) in [4.78, 5) is 31.0. The van der Waals surface area contributed by atoms with Crippen molar-refractivity contribution >= 4 is 46.2 Å². The number of para-hydroxylation sites is 2. The molecule has 7 heteroatoms. The van der Waals surface area contributed by atoms with Crippen LogP contribution in [-0.4, -0.2) is 39.4 Å². The van der Waals surface area contributed by atoms with Gasteiger partial charge in [0.1, 0.15) is 0 Å². The number of hydrogen-bond donors (Lipinski definition) is 1. The van der Waals surface area contributed by atoms with E-state index in [1.165, 1.54) is 11.8 Å². The highest BCUT2D eigenvalue weighted by atomic mass is 32.2. The smallest absolute Gasteiger partial charge is 0.239 e. The number of aromatic nitrogens is 2. The van der Waals surface area contributed by atoms with Gasteiger partial charge in [-0.15, -0.1) is 11.8 Å². The van der Waals surface area contributed by atoms with Crippen LogP contribution in [0.3, 0.4) is 0 Å². The van der Waals surface area contributed by atoms with E-state index in [4.69, 9.17) is 0 Å². The van der Waals surface area contributed by atoms with Crippen molar-refractivity contribution < 1.29 is 9.59 Å². The number of rotatable bonds is 5. The second-order valence-corrected chi connectivity index (χ2v) is 7.49. The number of amides is 2. The van der Waals surface area contributed by atoms with E-state index in [9.17, 15) is 9.59 Å². The molecule has 1 aliphatic heterocycles. The lowest BCUT2D eigenvalue weighted by Crippen LogP contribution is -2.31. The van der Waals surface area contributed by atoms with E-state index < -0.39 is 0 Å². The lowest BCUT2D eigenvalue weighted by Gasteiger charge is -2.13. The molecule has 1 aromatic heterocycles. The number of carbonyl (C=O) groups excluding carboxylic acids is 2. The molecule has 2 amide bonds. The summed E-state index contributed by atoms with van der Waals surface area (Å²) >= 11 is 1.32. The number of anilines is 2. The Bertz CT molecular complexity index is 1010. The second kappa shape index (κ2) is 7.44. The molecule has 0 spiro atoms. The zero-order chi connectivity index (χ0) is 18.8. The third-order valence-corrected chi connectivity index (χ3v) is 5.40. The molecule has 1 aliphatic rings. The Morgan fingerprint density at radius 1 is 1.11 bits per heavy atom. The van der Waals surface area contributed by atoms with E-state index >= 15 is 0 Å². The van der Waals surface area contributed by atoms with Crippen LogP contribution in [0.1, 0.15) is 5.56 Å². The van der Waals surface area contributed by atoms with E-state index in [0.717, 1.165) is 28.8 Å². The number of aryl methyl sites for hydroxylation is 1. The fourth-order valence-corrected chi connectivity index (χ4v) is 3.94. The van der Waals surface area contributed by atoms with Crippen LogP contribution in [0.25, 0.3) is 11.0 Å². The lowest BCUT2D eigenvalue weighted by atomic mass is 10.2. The van der Waals surface area contributed by atoms with Gasteiger partial charge in [0.25, 0.3) is 0 Å². The maximum absolute atomic E-state index is 12.6. The number of benzene rings is 2. The van der Waals surface area contributed by atoms with Crippen molar-refractivity contribution in [3.05, 3.63) is 54.1 Å². The molecule has 6 nitrogen and oxygen atoms in total. The minimum atomic E-state index is -0.105. The molecule has 2 heterocycles. The van der Waals surface area contributed by atoms with Crippen LogP contribution < -0.4 is 10.2 Å². The Labute approximate surface area is 161 Å². The quantitative estimate of drug-likeness (QED) is 0.739. The van der Waals surface area contributed by atoms with E-state index in [0.29, 0.717) is 12.5 Å². The SMILES string of the molecule is Cc1cccc(NC(=O)CSCC(=O)N2CCn3c2nc2ccccc23)c1. The third kappa shape index (κ3) is 3.68. The van der Waals surface area contributed by atoms with Crippen molar-refractivity contribution in [1.29, 1.82) is 0 Å². The fraction of sp³-hybridized carbons (Fsp3) is 0.250. The number of nitrogens with one attached hydrogen (secondary N) is 1. The summed E-state index contributed by atoms with van der Waals surface area (Å²) in [7, 11) is 0. The van der Waals surface area contributed by atoms with Crippen LogP contribution in [-0.2, 0) is 16.1 Å².